The number of aromatic nitrogens is 3. The molecule has 2 heterocycles. The molecule has 0 bridgehead atoms. The first-order valence-corrected chi connectivity index (χ1v) is 8.10. The van der Waals surface area contributed by atoms with Gasteiger partial charge in [0.2, 0.25) is 0 Å². The van der Waals surface area contributed by atoms with Gasteiger partial charge >= 0.3 is 0 Å². The molecular formula is C14H13FN4O2S. The molecule has 0 spiro atoms. The molecule has 0 atom stereocenters. The number of benzene rings is 1. The minimum Gasteiger partial charge on any atom is -0.276 e. The van der Waals surface area contributed by atoms with E-state index in [0.29, 0.717) is 23.6 Å². The first-order valence-electron chi connectivity index (χ1n) is 6.62. The number of anilines is 1. The summed E-state index contributed by atoms with van der Waals surface area (Å²) in [4.78, 5) is 4.27. The van der Waals surface area contributed by atoms with Gasteiger partial charge < -0.3 is 0 Å². The van der Waals surface area contributed by atoms with Crippen LogP contribution in [-0.2, 0) is 16.4 Å². The molecule has 0 aliphatic heterocycles. The number of halogens is 1. The Kier molecular flexibility index (Phi) is 3.53. The Morgan fingerprint density at radius 1 is 1.23 bits per heavy atom. The van der Waals surface area contributed by atoms with Gasteiger partial charge in [0.25, 0.3) is 10.0 Å². The monoisotopic (exact) mass is 320 g/mol. The van der Waals surface area contributed by atoms with Gasteiger partial charge in [-0.3, -0.25) is 4.72 Å². The van der Waals surface area contributed by atoms with E-state index in [1.165, 1.54) is 16.6 Å². The fourth-order valence-corrected chi connectivity index (χ4v) is 3.06. The van der Waals surface area contributed by atoms with E-state index in [0.717, 1.165) is 12.1 Å². The molecule has 0 fully saturated rings. The van der Waals surface area contributed by atoms with Crippen LogP contribution < -0.4 is 4.72 Å². The molecule has 0 saturated heterocycles. The average Bonchev–Trinajstić information content (AvgIpc) is 2.92. The number of fused-ring (bicyclic) bond motifs is 1. The van der Waals surface area contributed by atoms with Crippen molar-refractivity contribution in [2.75, 3.05) is 4.72 Å². The Hall–Kier alpha value is -2.48. The molecule has 0 radical (unpaired) electrons. The maximum absolute atomic E-state index is 12.9. The lowest BCUT2D eigenvalue weighted by Gasteiger charge is -2.08. The normalized spacial score (nSPS) is 11.7. The number of pyridine rings is 1. The van der Waals surface area contributed by atoms with E-state index in [1.54, 1.807) is 18.3 Å². The Bertz CT molecular complexity index is 920. The van der Waals surface area contributed by atoms with Crippen LogP contribution in [0.15, 0.2) is 47.5 Å². The number of aryl methyl sites for hydroxylation is 1. The fourth-order valence-electron chi connectivity index (χ4n) is 2.00. The molecule has 8 heteroatoms. The van der Waals surface area contributed by atoms with Crippen molar-refractivity contribution in [3.8, 4) is 0 Å². The fraction of sp³-hybridized carbons (Fsp3) is 0.143. The van der Waals surface area contributed by atoms with E-state index in [2.05, 4.69) is 14.8 Å². The zero-order chi connectivity index (χ0) is 15.7. The first kappa shape index (κ1) is 14.5. The second-order valence-corrected chi connectivity index (χ2v) is 6.31. The second-order valence-electron chi connectivity index (χ2n) is 4.63. The predicted octanol–water partition coefficient (Wildman–Crippen LogP) is 2.23. The number of hydrogen-bond donors (Lipinski definition) is 1. The van der Waals surface area contributed by atoms with Gasteiger partial charge in [-0.2, -0.15) is 5.10 Å². The molecule has 0 unspecified atom stereocenters. The topological polar surface area (TPSA) is 76.4 Å². The van der Waals surface area contributed by atoms with Gasteiger partial charge in [-0.1, -0.05) is 6.92 Å². The minimum absolute atomic E-state index is 0.0221. The lowest BCUT2D eigenvalue weighted by atomic mass is 10.4. The summed E-state index contributed by atoms with van der Waals surface area (Å²) in [5, 5.41) is 4.23. The van der Waals surface area contributed by atoms with Crippen LogP contribution in [0, 0.1) is 5.82 Å². The quantitative estimate of drug-likeness (QED) is 0.800. The number of nitrogens with zero attached hydrogens (tertiary/aromatic N) is 3. The van der Waals surface area contributed by atoms with Crippen molar-refractivity contribution in [3.05, 3.63) is 54.2 Å². The molecule has 0 aliphatic carbocycles. The Morgan fingerprint density at radius 2 is 1.95 bits per heavy atom. The highest BCUT2D eigenvalue weighted by atomic mass is 32.2. The van der Waals surface area contributed by atoms with E-state index in [4.69, 9.17) is 0 Å². The highest BCUT2D eigenvalue weighted by Crippen LogP contribution is 2.20. The van der Waals surface area contributed by atoms with E-state index < -0.39 is 15.8 Å². The molecule has 1 aromatic carbocycles. The van der Waals surface area contributed by atoms with Crippen LogP contribution in [-0.4, -0.2) is 23.0 Å². The van der Waals surface area contributed by atoms with Crippen molar-refractivity contribution >= 4 is 21.4 Å². The number of hydrogen-bond acceptors (Lipinski definition) is 4. The third-order valence-corrected chi connectivity index (χ3v) is 4.47. The maximum Gasteiger partial charge on any atom is 0.262 e. The number of sulfonamides is 1. The molecule has 1 N–H and O–H groups in total. The van der Waals surface area contributed by atoms with E-state index >= 15 is 0 Å². The molecule has 0 amide bonds. The molecule has 0 aliphatic rings. The molecule has 3 rings (SSSR count). The van der Waals surface area contributed by atoms with Crippen LogP contribution in [0.4, 0.5) is 10.1 Å². The Labute approximate surface area is 126 Å². The zero-order valence-corrected chi connectivity index (χ0v) is 12.5. The predicted molar refractivity (Wildman–Crippen MR) is 79.6 cm³/mol. The largest absolute Gasteiger partial charge is 0.276 e. The van der Waals surface area contributed by atoms with Crippen molar-refractivity contribution in [2.45, 2.75) is 18.2 Å². The molecular weight excluding hydrogens is 307 g/mol. The Morgan fingerprint density at radius 3 is 2.64 bits per heavy atom. The summed E-state index contributed by atoms with van der Waals surface area (Å²) < 4.78 is 41.6. The highest BCUT2D eigenvalue weighted by molar-refractivity contribution is 7.92. The molecule has 114 valence electrons. The minimum atomic E-state index is -3.82. The molecule has 2 aromatic heterocycles. The first-order chi connectivity index (χ1) is 10.5. The Balaban J connectivity index is 2.02. The van der Waals surface area contributed by atoms with Crippen molar-refractivity contribution in [1.29, 1.82) is 0 Å². The van der Waals surface area contributed by atoms with Gasteiger partial charge in [0, 0.05) is 12.6 Å². The van der Waals surface area contributed by atoms with Gasteiger partial charge in [0.15, 0.2) is 11.5 Å². The summed E-state index contributed by atoms with van der Waals surface area (Å²) in [5.41, 5.74) is 0.740. The van der Waals surface area contributed by atoms with Crippen molar-refractivity contribution in [2.24, 2.45) is 0 Å². The van der Waals surface area contributed by atoms with Gasteiger partial charge in [-0.25, -0.2) is 22.3 Å². The van der Waals surface area contributed by atoms with Crippen molar-refractivity contribution in [3.63, 3.8) is 0 Å². The third kappa shape index (κ3) is 2.64. The molecule has 0 saturated carbocycles. The summed E-state index contributed by atoms with van der Waals surface area (Å²) in [6.07, 6.45) is 2.34. The van der Waals surface area contributed by atoms with Crippen LogP contribution in [0.25, 0.3) is 5.65 Å². The van der Waals surface area contributed by atoms with Crippen molar-refractivity contribution < 1.29 is 12.8 Å². The van der Waals surface area contributed by atoms with E-state index in [-0.39, 0.29) is 4.90 Å². The second kappa shape index (κ2) is 5.38. The summed E-state index contributed by atoms with van der Waals surface area (Å²) in [6, 6.07) is 7.88. The number of nitrogens with one attached hydrogen (secondary N) is 1. The van der Waals surface area contributed by atoms with Crippen LogP contribution in [0.5, 0.6) is 0 Å². The van der Waals surface area contributed by atoms with Gasteiger partial charge in [0.1, 0.15) is 5.82 Å². The van der Waals surface area contributed by atoms with E-state index in [1.807, 2.05) is 6.92 Å². The molecule has 3 aromatic rings. The lowest BCUT2D eigenvalue weighted by Crippen LogP contribution is -2.13. The SMILES string of the molecule is CCc1nc2c(NS(=O)(=O)c3ccc(F)cc3)cccn2n1. The van der Waals surface area contributed by atoms with Gasteiger partial charge in [0.05, 0.1) is 10.6 Å². The number of rotatable bonds is 4. The zero-order valence-electron chi connectivity index (χ0n) is 11.7. The summed E-state index contributed by atoms with van der Waals surface area (Å²) >= 11 is 0. The maximum atomic E-state index is 12.9. The lowest BCUT2D eigenvalue weighted by molar-refractivity contribution is 0.599. The molecule has 22 heavy (non-hydrogen) atoms. The van der Waals surface area contributed by atoms with Gasteiger partial charge in [-0.15, -0.1) is 0 Å². The standard InChI is InChI=1S/C14H13FN4O2S/c1-2-13-16-14-12(4-3-9-19(14)17-13)18-22(20,21)11-7-5-10(15)6-8-11/h3-9,18H,2H2,1H3. The van der Waals surface area contributed by atoms with E-state index in [9.17, 15) is 12.8 Å². The van der Waals surface area contributed by atoms with Crippen LogP contribution in [0.3, 0.4) is 0 Å². The van der Waals surface area contributed by atoms with Crippen LogP contribution >= 0.6 is 0 Å². The van der Waals surface area contributed by atoms with Crippen molar-refractivity contribution in [1.82, 2.24) is 14.6 Å². The van der Waals surface area contributed by atoms with Crippen LogP contribution in [0.1, 0.15) is 12.7 Å². The summed E-state index contributed by atoms with van der Waals surface area (Å²) in [5.74, 6) is 0.125. The average molecular weight is 320 g/mol. The summed E-state index contributed by atoms with van der Waals surface area (Å²) in [7, 11) is -3.82. The van der Waals surface area contributed by atoms with Gasteiger partial charge in [-0.05, 0) is 36.4 Å². The third-order valence-electron chi connectivity index (χ3n) is 3.09. The summed E-state index contributed by atoms with van der Waals surface area (Å²) in [6.45, 7) is 1.91. The highest BCUT2D eigenvalue weighted by Gasteiger charge is 2.17. The smallest absolute Gasteiger partial charge is 0.262 e. The molecule has 6 nitrogen and oxygen atoms in total. The van der Waals surface area contributed by atoms with Crippen LogP contribution in [0.2, 0.25) is 0 Å².